The molecule has 0 saturated carbocycles. The molecule has 1 saturated heterocycles. The zero-order valence-corrected chi connectivity index (χ0v) is 18.6. The fraction of sp³-hybridized carbons (Fsp3) is 0.429. The van der Waals surface area contributed by atoms with Gasteiger partial charge >= 0.3 is 17.8 Å². The van der Waals surface area contributed by atoms with Crippen molar-refractivity contribution in [2.75, 3.05) is 18.7 Å². The Hall–Kier alpha value is -3.36. The zero-order chi connectivity index (χ0) is 25.3. The van der Waals surface area contributed by atoms with Crippen LogP contribution in [-0.2, 0) is 20.1 Å². The van der Waals surface area contributed by atoms with Gasteiger partial charge in [0.15, 0.2) is 5.60 Å². The molecule has 0 unspecified atom stereocenters. The third-order valence-corrected chi connectivity index (χ3v) is 5.51. The lowest BCUT2D eigenvalue weighted by Gasteiger charge is -2.35. The highest BCUT2D eigenvalue weighted by Gasteiger charge is 2.64. The summed E-state index contributed by atoms with van der Waals surface area (Å²) in [6.45, 7) is 3.06. The van der Waals surface area contributed by atoms with Crippen molar-refractivity contribution in [3.8, 4) is 0 Å². The molecular formula is C21H25N3O10. The number of aryl methyl sites for hydroxylation is 2. The minimum absolute atomic E-state index is 0.284. The van der Waals surface area contributed by atoms with Crippen LogP contribution in [0, 0.1) is 13.8 Å². The summed E-state index contributed by atoms with van der Waals surface area (Å²) in [5.41, 5.74) is -1.78. The number of carbonyl (C=O) groups is 2. The molecule has 1 aliphatic rings. The number of rotatable bonds is 6. The van der Waals surface area contributed by atoms with E-state index in [4.69, 9.17) is 14.2 Å². The quantitative estimate of drug-likeness (QED) is 0.261. The summed E-state index contributed by atoms with van der Waals surface area (Å²) >= 11 is 0. The molecule has 13 nitrogen and oxygen atoms in total. The van der Waals surface area contributed by atoms with Crippen LogP contribution in [0.15, 0.2) is 35.3 Å². The first-order chi connectivity index (χ1) is 15.9. The molecule has 4 atom stereocenters. The Morgan fingerprint density at radius 1 is 1.21 bits per heavy atom. The third kappa shape index (κ3) is 4.51. The fourth-order valence-corrected chi connectivity index (χ4v) is 3.58. The number of carbonyl (C=O) groups excluding carboxylic acids is 2. The van der Waals surface area contributed by atoms with Crippen molar-refractivity contribution >= 4 is 17.9 Å². The predicted octanol–water partition coefficient (Wildman–Crippen LogP) is -0.671. The number of ether oxygens (including phenoxy) is 3. The zero-order valence-electron chi connectivity index (χ0n) is 18.6. The second-order valence-corrected chi connectivity index (χ2v) is 7.88. The molecule has 0 radical (unpaired) electrons. The lowest BCUT2D eigenvalue weighted by atomic mass is 9.94. The molecule has 1 aromatic carbocycles. The second-order valence-electron chi connectivity index (χ2n) is 7.88. The summed E-state index contributed by atoms with van der Waals surface area (Å²) in [7, 11) is 0. The number of aromatic nitrogens is 2. The van der Waals surface area contributed by atoms with Crippen LogP contribution in [0.25, 0.3) is 0 Å². The maximum atomic E-state index is 12.4. The monoisotopic (exact) mass is 479 g/mol. The van der Waals surface area contributed by atoms with Gasteiger partial charge in [0.25, 0.3) is 5.91 Å². The van der Waals surface area contributed by atoms with Gasteiger partial charge in [-0.25, -0.2) is 19.0 Å². The number of hydrogen-bond acceptors (Lipinski definition) is 11. The van der Waals surface area contributed by atoms with Crippen LogP contribution in [0.3, 0.4) is 0 Å². The standard InChI is InChI=1S/C21H25N3O10/c1-11-5-4-6-12(2)15(11)17(27)32-10-33-19(29)23-14-7-8-24(18(28)22-14)21(31)20(3,30)16(26)13(9-25)34-21/h4-8,13,16,25-26,30-31H,9-10H2,1-3H3,(H,22,23,28,29)/t13-,16-,20-,21-/m1/s1. The summed E-state index contributed by atoms with van der Waals surface area (Å²) in [5.74, 6) is -3.71. The predicted molar refractivity (Wildman–Crippen MR) is 114 cm³/mol. The van der Waals surface area contributed by atoms with Gasteiger partial charge in [0.05, 0.1) is 12.2 Å². The van der Waals surface area contributed by atoms with Crippen molar-refractivity contribution in [3.05, 3.63) is 57.6 Å². The van der Waals surface area contributed by atoms with Crippen LogP contribution in [0.5, 0.6) is 0 Å². The summed E-state index contributed by atoms with van der Waals surface area (Å²) in [4.78, 5) is 40.1. The van der Waals surface area contributed by atoms with E-state index in [1.165, 1.54) is 0 Å². The first-order valence-electron chi connectivity index (χ1n) is 10.1. The number of hydrogen-bond donors (Lipinski definition) is 5. The van der Waals surface area contributed by atoms with Crippen molar-refractivity contribution in [1.82, 2.24) is 9.55 Å². The topological polar surface area (TPSA) is 190 Å². The van der Waals surface area contributed by atoms with Crippen LogP contribution in [0.2, 0.25) is 0 Å². The van der Waals surface area contributed by atoms with E-state index in [1.807, 2.05) is 0 Å². The van der Waals surface area contributed by atoms with Crippen LogP contribution < -0.4 is 11.0 Å². The number of anilines is 1. The molecular weight excluding hydrogens is 454 g/mol. The van der Waals surface area contributed by atoms with E-state index in [-0.39, 0.29) is 5.82 Å². The molecule has 0 aliphatic carbocycles. The Morgan fingerprint density at radius 3 is 2.41 bits per heavy atom. The highest BCUT2D eigenvalue weighted by molar-refractivity contribution is 5.92. The van der Waals surface area contributed by atoms with E-state index in [0.717, 1.165) is 19.2 Å². The number of nitrogens with zero attached hydrogens (tertiary/aromatic N) is 2. The molecule has 184 valence electrons. The van der Waals surface area contributed by atoms with Gasteiger partial charge in [-0.15, -0.1) is 0 Å². The van der Waals surface area contributed by atoms with E-state index >= 15 is 0 Å². The highest BCUT2D eigenvalue weighted by Crippen LogP contribution is 2.40. The number of amides is 1. The summed E-state index contributed by atoms with van der Waals surface area (Å²) in [6, 6.07) is 6.35. The molecule has 1 fully saturated rings. The first-order valence-corrected chi connectivity index (χ1v) is 10.1. The van der Waals surface area contributed by atoms with Crippen molar-refractivity contribution in [3.63, 3.8) is 0 Å². The molecule has 34 heavy (non-hydrogen) atoms. The minimum Gasteiger partial charge on any atom is -0.424 e. The number of aliphatic hydroxyl groups is 4. The first kappa shape index (κ1) is 25.3. The molecule has 1 aromatic heterocycles. The molecule has 2 heterocycles. The molecule has 0 spiro atoms. The van der Waals surface area contributed by atoms with Crippen LogP contribution >= 0.6 is 0 Å². The minimum atomic E-state index is -2.75. The van der Waals surface area contributed by atoms with E-state index < -0.39 is 54.9 Å². The van der Waals surface area contributed by atoms with Gasteiger partial charge in [-0.2, -0.15) is 4.98 Å². The van der Waals surface area contributed by atoms with E-state index in [2.05, 4.69) is 10.3 Å². The lowest BCUT2D eigenvalue weighted by molar-refractivity contribution is -0.321. The maximum absolute atomic E-state index is 12.4. The smallest absolute Gasteiger partial charge is 0.415 e. The molecule has 2 aromatic rings. The number of nitrogens with one attached hydrogen (secondary N) is 1. The molecule has 3 rings (SSSR count). The van der Waals surface area contributed by atoms with Crippen molar-refractivity contribution < 1.29 is 44.2 Å². The summed E-state index contributed by atoms with van der Waals surface area (Å²) in [6.07, 6.45) is -3.22. The van der Waals surface area contributed by atoms with Crippen LogP contribution in [0.1, 0.15) is 28.4 Å². The molecule has 5 N–H and O–H groups in total. The Labute approximate surface area is 193 Å². The Kier molecular flexibility index (Phi) is 7.05. The van der Waals surface area contributed by atoms with Crippen LogP contribution in [0.4, 0.5) is 10.6 Å². The van der Waals surface area contributed by atoms with Crippen molar-refractivity contribution in [2.24, 2.45) is 0 Å². The van der Waals surface area contributed by atoms with Gasteiger partial charge < -0.3 is 34.6 Å². The lowest BCUT2D eigenvalue weighted by Crippen LogP contribution is -2.58. The van der Waals surface area contributed by atoms with Gasteiger partial charge in [0, 0.05) is 6.20 Å². The van der Waals surface area contributed by atoms with Crippen molar-refractivity contribution in [1.29, 1.82) is 0 Å². The fourth-order valence-electron chi connectivity index (χ4n) is 3.58. The number of esters is 1. The van der Waals surface area contributed by atoms with Gasteiger partial charge in [-0.05, 0) is 38.0 Å². The SMILES string of the molecule is Cc1cccc(C)c1C(=O)OCOC(=O)Nc1ccn([C@]2(O)O[C@H](CO)[C@@H](O)[C@@]2(C)O)c(=O)n1. The Morgan fingerprint density at radius 2 is 1.85 bits per heavy atom. The van der Waals surface area contributed by atoms with E-state index in [1.54, 1.807) is 32.0 Å². The summed E-state index contributed by atoms with van der Waals surface area (Å²) < 4.78 is 15.3. The third-order valence-electron chi connectivity index (χ3n) is 5.51. The number of benzene rings is 1. The van der Waals surface area contributed by atoms with E-state index in [0.29, 0.717) is 21.3 Å². The summed E-state index contributed by atoms with van der Waals surface area (Å²) in [5, 5.41) is 42.7. The average molecular weight is 479 g/mol. The molecule has 13 heteroatoms. The normalized spacial score (nSPS) is 26.2. The largest absolute Gasteiger partial charge is 0.424 e. The van der Waals surface area contributed by atoms with Crippen molar-refractivity contribution in [2.45, 2.75) is 44.5 Å². The molecule has 1 amide bonds. The highest BCUT2D eigenvalue weighted by atomic mass is 16.7. The van der Waals surface area contributed by atoms with Crippen LogP contribution in [-0.4, -0.2) is 73.2 Å². The average Bonchev–Trinajstić information content (AvgIpc) is 2.93. The van der Waals surface area contributed by atoms with E-state index in [9.17, 15) is 34.8 Å². The molecule has 1 aliphatic heterocycles. The Bertz CT molecular complexity index is 1130. The van der Waals surface area contributed by atoms with Gasteiger partial charge in [0.1, 0.15) is 18.0 Å². The number of aliphatic hydroxyl groups excluding tert-OH is 2. The maximum Gasteiger partial charge on any atom is 0.415 e. The van der Waals surface area contributed by atoms with Gasteiger partial charge in [-0.3, -0.25) is 5.32 Å². The van der Waals surface area contributed by atoms with Gasteiger partial charge in [0.2, 0.25) is 6.79 Å². The Balaban J connectivity index is 1.63. The molecule has 0 bridgehead atoms. The van der Waals surface area contributed by atoms with Gasteiger partial charge in [-0.1, -0.05) is 18.2 Å². The second kappa shape index (κ2) is 9.48.